The molecule has 4 heteroatoms. The molecule has 1 aromatic rings. The molecule has 0 unspecified atom stereocenters. The zero-order valence-corrected chi connectivity index (χ0v) is 13.2. The third-order valence-electron chi connectivity index (χ3n) is 3.22. The van der Waals surface area contributed by atoms with E-state index in [2.05, 4.69) is 12.2 Å². The Morgan fingerprint density at radius 2 is 2.00 bits per heavy atom. The Kier molecular flexibility index (Phi) is 5.57. The highest BCUT2D eigenvalue weighted by Gasteiger charge is 2.22. The normalized spacial score (nSPS) is 11.3. The highest BCUT2D eigenvalue weighted by molar-refractivity contribution is 5.91. The first-order valence-electron chi connectivity index (χ1n) is 7.15. The molecule has 0 aliphatic rings. The number of amides is 2. The van der Waals surface area contributed by atoms with Gasteiger partial charge in [-0.2, -0.15) is 0 Å². The number of aryl methyl sites for hydroxylation is 2. The van der Waals surface area contributed by atoms with Gasteiger partial charge in [-0.3, -0.25) is 0 Å². The Hall–Kier alpha value is -1.55. The van der Waals surface area contributed by atoms with Gasteiger partial charge in [-0.1, -0.05) is 25.1 Å². The SMILES string of the molecule is CCc1cccc(C)c1NC(=O)N(CC)CC(C)(C)O. The van der Waals surface area contributed by atoms with Crippen LogP contribution in [0.15, 0.2) is 18.2 Å². The third kappa shape index (κ3) is 4.53. The topological polar surface area (TPSA) is 52.6 Å². The lowest BCUT2D eigenvalue weighted by Crippen LogP contribution is -2.44. The Morgan fingerprint density at radius 3 is 2.50 bits per heavy atom. The average Bonchev–Trinajstić information content (AvgIpc) is 2.37. The fourth-order valence-corrected chi connectivity index (χ4v) is 2.18. The standard InChI is InChI=1S/C16H26N2O2/c1-6-13-10-8-9-12(3)14(13)17-15(19)18(7-2)11-16(4,5)20/h8-10,20H,6-7,11H2,1-5H3,(H,17,19). The Morgan fingerprint density at radius 1 is 1.35 bits per heavy atom. The summed E-state index contributed by atoms with van der Waals surface area (Å²) < 4.78 is 0. The van der Waals surface area contributed by atoms with Crippen LogP contribution in [0.1, 0.15) is 38.8 Å². The second kappa shape index (κ2) is 6.75. The third-order valence-corrected chi connectivity index (χ3v) is 3.22. The quantitative estimate of drug-likeness (QED) is 0.869. The largest absolute Gasteiger partial charge is 0.389 e. The molecule has 0 fully saturated rings. The maximum atomic E-state index is 12.3. The first kappa shape index (κ1) is 16.5. The fourth-order valence-electron chi connectivity index (χ4n) is 2.18. The van der Waals surface area contributed by atoms with Gasteiger partial charge >= 0.3 is 6.03 Å². The first-order valence-corrected chi connectivity index (χ1v) is 7.15. The fraction of sp³-hybridized carbons (Fsp3) is 0.562. The van der Waals surface area contributed by atoms with Crippen LogP contribution >= 0.6 is 0 Å². The van der Waals surface area contributed by atoms with Gasteiger partial charge in [0.2, 0.25) is 0 Å². The van der Waals surface area contributed by atoms with E-state index in [1.165, 1.54) is 0 Å². The van der Waals surface area contributed by atoms with E-state index in [9.17, 15) is 9.90 Å². The van der Waals surface area contributed by atoms with Gasteiger partial charge < -0.3 is 15.3 Å². The van der Waals surface area contributed by atoms with Crippen LogP contribution in [0, 0.1) is 6.92 Å². The van der Waals surface area contributed by atoms with Crippen LogP contribution in [-0.4, -0.2) is 34.7 Å². The lowest BCUT2D eigenvalue weighted by atomic mass is 10.1. The van der Waals surface area contributed by atoms with Crippen molar-refractivity contribution in [2.45, 2.75) is 46.6 Å². The lowest BCUT2D eigenvalue weighted by Gasteiger charge is -2.28. The molecular formula is C16H26N2O2. The highest BCUT2D eigenvalue weighted by atomic mass is 16.3. The second-order valence-electron chi connectivity index (χ2n) is 5.72. The molecule has 0 saturated carbocycles. The lowest BCUT2D eigenvalue weighted by molar-refractivity contribution is 0.0501. The summed E-state index contributed by atoms with van der Waals surface area (Å²) in [5.41, 5.74) is 2.16. The zero-order valence-electron chi connectivity index (χ0n) is 13.2. The summed E-state index contributed by atoms with van der Waals surface area (Å²) in [6, 6.07) is 5.84. The van der Waals surface area contributed by atoms with Crippen molar-refractivity contribution in [2.75, 3.05) is 18.4 Å². The summed E-state index contributed by atoms with van der Waals surface area (Å²) in [7, 11) is 0. The number of aliphatic hydroxyl groups is 1. The minimum absolute atomic E-state index is 0.168. The van der Waals surface area contributed by atoms with Gasteiger partial charge in [0.1, 0.15) is 0 Å². The number of carbonyl (C=O) groups excluding carboxylic acids is 1. The van der Waals surface area contributed by atoms with E-state index in [1.807, 2.05) is 32.0 Å². The van der Waals surface area contributed by atoms with Crippen LogP contribution in [0.2, 0.25) is 0 Å². The van der Waals surface area contributed by atoms with Crippen molar-refractivity contribution in [1.29, 1.82) is 0 Å². The summed E-state index contributed by atoms with van der Waals surface area (Å²) in [6.45, 7) is 10.2. The van der Waals surface area contributed by atoms with Gasteiger partial charge in [-0.05, 0) is 45.2 Å². The van der Waals surface area contributed by atoms with E-state index in [4.69, 9.17) is 0 Å². The van der Waals surface area contributed by atoms with Crippen molar-refractivity contribution >= 4 is 11.7 Å². The van der Waals surface area contributed by atoms with Crippen molar-refractivity contribution in [3.8, 4) is 0 Å². The van der Waals surface area contributed by atoms with Crippen LogP contribution in [0.5, 0.6) is 0 Å². The van der Waals surface area contributed by atoms with E-state index in [0.29, 0.717) is 13.1 Å². The van der Waals surface area contributed by atoms with Gasteiger partial charge in [-0.25, -0.2) is 4.79 Å². The first-order chi connectivity index (χ1) is 9.28. The number of anilines is 1. The van der Waals surface area contributed by atoms with Gasteiger partial charge in [0.05, 0.1) is 12.1 Å². The van der Waals surface area contributed by atoms with Crippen molar-refractivity contribution in [3.05, 3.63) is 29.3 Å². The molecule has 20 heavy (non-hydrogen) atoms. The molecule has 0 saturated heterocycles. The van der Waals surface area contributed by atoms with Crippen molar-refractivity contribution in [3.63, 3.8) is 0 Å². The van der Waals surface area contributed by atoms with E-state index < -0.39 is 5.60 Å². The minimum Gasteiger partial charge on any atom is -0.389 e. The van der Waals surface area contributed by atoms with Gasteiger partial charge in [-0.15, -0.1) is 0 Å². The predicted molar refractivity (Wildman–Crippen MR) is 83.1 cm³/mol. The molecule has 0 spiro atoms. The van der Waals surface area contributed by atoms with E-state index in [-0.39, 0.29) is 6.03 Å². The number of benzene rings is 1. The molecule has 1 rings (SSSR count). The molecule has 2 N–H and O–H groups in total. The van der Waals surface area contributed by atoms with Crippen LogP contribution in [0.3, 0.4) is 0 Å². The predicted octanol–water partition coefficient (Wildman–Crippen LogP) is 3.18. The molecule has 0 aliphatic heterocycles. The molecule has 0 radical (unpaired) electrons. The number of rotatable bonds is 5. The molecule has 0 bridgehead atoms. The summed E-state index contributed by atoms with van der Waals surface area (Å²) in [4.78, 5) is 14.0. The smallest absolute Gasteiger partial charge is 0.321 e. The summed E-state index contributed by atoms with van der Waals surface area (Å²) in [5.74, 6) is 0. The molecule has 0 aliphatic carbocycles. The molecule has 0 aromatic heterocycles. The maximum Gasteiger partial charge on any atom is 0.321 e. The van der Waals surface area contributed by atoms with Crippen molar-refractivity contribution < 1.29 is 9.90 Å². The highest BCUT2D eigenvalue weighted by Crippen LogP contribution is 2.21. The van der Waals surface area contributed by atoms with Crippen molar-refractivity contribution in [1.82, 2.24) is 4.90 Å². The van der Waals surface area contributed by atoms with Gasteiger partial charge in [0.15, 0.2) is 0 Å². The molecule has 0 atom stereocenters. The molecule has 4 nitrogen and oxygen atoms in total. The number of para-hydroxylation sites is 1. The number of nitrogens with zero attached hydrogens (tertiary/aromatic N) is 1. The maximum absolute atomic E-state index is 12.3. The molecule has 1 aromatic carbocycles. The summed E-state index contributed by atoms with van der Waals surface area (Å²) >= 11 is 0. The van der Waals surface area contributed by atoms with Crippen LogP contribution < -0.4 is 5.32 Å². The van der Waals surface area contributed by atoms with E-state index in [0.717, 1.165) is 23.2 Å². The minimum atomic E-state index is -0.896. The Bertz CT molecular complexity index is 464. The number of nitrogens with one attached hydrogen (secondary N) is 1. The molecule has 112 valence electrons. The van der Waals surface area contributed by atoms with Crippen molar-refractivity contribution in [2.24, 2.45) is 0 Å². The zero-order chi connectivity index (χ0) is 15.3. The number of carbonyl (C=O) groups is 1. The number of urea groups is 1. The number of hydrogen-bond donors (Lipinski definition) is 2. The van der Waals surface area contributed by atoms with E-state index in [1.54, 1.807) is 18.7 Å². The number of hydrogen-bond acceptors (Lipinski definition) is 2. The molecular weight excluding hydrogens is 252 g/mol. The van der Waals surface area contributed by atoms with Crippen LogP contribution in [0.25, 0.3) is 0 Å². The van der Waals surface area contributed by atoms with Crippen LogP contribution in [0.4, 0.5) is 10.5 Å². The van der Waals surface area contributed by atoms with Gasteiger partial charge in [0.25, 0.3) is 0 Å². The summed E-state index contributed by atoms with van der Waals surface area (Å²) in [5, 5.41) is 12.8. The monoisotopic (exact) mass is 278 g/mol. The Labute approximate surface area is 121 Å². The average molecular weight is 278 g/mol. The Balaban J connectivity index is 2.89. The summed E-state index contributed by atoms with van der Waals surface area (Å²) in [6.07, 6.45) is 0.870. The van der Waals surface area contributed by atoms with Crippen LogP contribution in [-0.2, 0) is 6.42 Å². The van der Waals surface area contributed by atoms with E-state index >= 15 is 0 Å². The second-order valence-corrected chi connectivity index (χ2v) is 5.72. The van der Waals surface area contributed by atoms with Gasteiger partial charge in [0, 0.05) is 12.2 Å². The molecule has 2 amide bonds. The molecule has 0 heterocycles. The number of likely N-dealkylation sites (N-methyl/N-ethyl adjacent to an activating group) is 1.